The minimum atomic E-state index is -0.402. The molecule has 2 rings (SSSR count). The van der Waals surface area contributed by atoms with Gasteiger partial charge in [-0.05, 0) is 37.3 Å². The van der Waals surface area contributed by atoms with Gasteiger partial charge in [0, 0.05) is 0 Å². The van der Waals surface area contributed by atoms with Crippen molar-refractivity contribution in [2.45, 2.75) is 13.5 Å². The smallest absolute Gasteiger partial charge is 0.268 e. The summed E-state index contributed by atoms with van der Waals surface area (Å²) in [6.45, 7) is 2.78. The van der Waals surface area contributed by atoms with Crippen LogP contribution >= 0.6 is 0 Å². The average Bonchev–Trinajstić information content (AvgIpc) is 2.95. The van der Waals surface area contributed by atoms with E-state index in [2.05, 4.69) is 0 Å². The monoisotopic (exact) mass is 276 g/mol. The van der Waals surface area contributed by atoms with Gasteiger partial charge in [0.25, 0.3) is 5.91 Å². The Morgan fingerprint density at radius 1 is 1.25 bits per heavy atom. The highest BCUT2D eigenvalue weighted by atomic mass is 16.5. The fourth-order valence-corrected chi connectivity index (χ4v) is 1.61. The Balaban J connectivity index is 1.91. The minimum absolute atomic E-state index is 0.228. The molecule has 0 atom stereocenters. The molecule has 0 fully saturated rings. The molecular weight excluding hydrogens is 260 g/mol. The van der Waals surface area contributed by atoms with Crippen molar-refractivity contribution in [3.05, 3.63) is 47.9 Å². The molecule has 1 aromatic heterocycles. The van der Waals surface area contributed by atoms with E-state index in [0.29, 0.717) is 23.7 Å². The average molecular weight is 276 g/mol. The normalized spacial score (nSPS) is 10.1. The number of ether oxygens (including phenoxy) is 2. The molecule has 1 aromatic carbocycles. The molecule has 2 aromatic rings. The van der Waals surface area contributed by atoms with E-state index in [0.717, 1.165) is 5.75 Å². The zero-order chi connectivity index (χ0) is 14.4. The molecule has 20 heavy (non-hydrogen) atoms. The van der Waals surface area contributed by atoms with Crippen LogP contribution in [0.4, 0.5) is 0 Å². The van der Waals surface area contributed by atoms with E-state index >= 15 is 0 Å². The molecular formula is C14H16N2O4. The zero-order valence-corrected chi connectivity index (χ0v) is 11.1. The third-order valence-corrected chi connectivity index (χ3v) is 2.56. The summed E-state index contributed by atoms with van der Waals surface area (Å²) in [6.07, 6.45) is 1.33. The molecule has 0 aliphatic heterocycles. The lowest BCUT2D eigenvalue weighted by molar-refractivity contribution is 0.0953. The molecule has 0 saturated heterocycles. The summed E-state index contributed by atoms with van der Waals surface area (Å²) in [6, 6.07) is 8.85. The number of rotatable bonds is 6. The van der Waals surface area contributed by atoms with Gasteiger partial charge in [-0.2, -0.15) is 0 Å². The molecule has 0 spiro atoms. The number of hydrogen-bond acceptors (Lipinski definition) is 5. The molecule has 1 heterocycles. The molecule has 1 amide bonds. The molecule has 0 bridgehead atoms. The van der Waals surface area contributed by atoms with Gasteiger partial charge in [-0.25, -0.2) is 5.84 Å². The minimum Gasteiger partial charge on any atom is -0.494 e. The summed E-state index contributed by atoms with van der Waals surface area (Å²) in [5, 5.41) is 0. The molecule has 0 saturated carbocycles. The highest BCUT2D eigenvalue weighted by molar-refractivity contribution is 5.93. The van der Waals surface area contributed by atoms with Crippen molar-refractivity contribution < 1.29 is 18.7 Å². The standard InChI is InChI=1S/C14H16N2O4/c1-2-18-11-3-5-12(6-4-11)20-9-13-7-10(8-19-13)14(17)16-15/h3-8H,2,9,15H2,1H3,(H,16,17). The van der Waals surface area contributed by atoms with Crippen molar-refractivity contribution in [2.24, 2.45) is 5.84 Å². The van der Waals surface area contributed by atoms with Crippen LogP contribution in [0.3, 0.4) is 0 Å². The van der Waals surface area contributed by atoms with Crippen LogP contribution in [0.1, 0.15) is 23.0 Å². The first-order chi connectivity index (χ1) is 9.72. The number of hydrogen-bond donors (Lipinski definition) is 2. The number of furan rings is 1. The van der Waals surface area contributed by atoms with E-state index in [1.165, 1.54) is 6.26 Å². The number of carbonyl (C=O) groups excluding carboxylic acids is 1. The summed E-state index contributed by atoms with van der Waals surface area (Å²) in [7, 11) is 0. The van der Waals surface area contributed by atoms with Gasteiger partial charge in [-0.1, -0.05) is 0 Å². The predicted molar refractivity (Wildman–Crippen MR) is 72.3 cm³/mol. The second-order valence-electron chi connectivity index (χ2n) is 3.97. The highest BCUT2D eigenvalue weighted by Gasteiger charge is 2.09. The van der Waals surface area contributed by atoms with E-state index in [4.69, 9.17) is 19.7 Å². The topological polar surface area (TPSA) is 86.7 Å². The fourth-order valence-electron chi connectivity index (χ4n) is 1.61. The Morgan fingerprint density at radius 2 is 1.90 bits per heavy atom. The SMILES string of the molecule is CCOc1ccc(OCc2cc(C(=O)NN)co2)cc1. The maximum atomic E-state index is 11.2. The van der Waals surface area contributed by atoms with Crippen LogP contribution in [-0.2, 0) is 6.61 Å². The van der Waals surface area contributed by atoms with Crippen molar-refractivity contribution in [3.8, 4) is 11.5 Å². The fraction of sp³-hybridized carbons (Fsp3) is 0.214. The first-order valence-electron chi connectivity index (χ1n) is 6.17. The van der Waals surface area contributed by atoms with Gasteiger partial charge in [-0.15, -0.1) is 0 Å². The lowest BCUT2D eigenvalue weighted by atomic mass is 10.3. The predicted octanol–water partition coefficient (Wildman–Crippen LogP) is 1.86. The van der Waals surface area contributed by atoms with Gasteiger partial charge < -0.3 is 13.9 Å². The van der Waals surface area contributed by atoms with E-state index in [9.17, 15) is 4.79 Å². The number of hydrazine groups is 1. The third kappa shape index (κ3) is 3.52. The van der Waals surface area contributed by atoms with Crippen LogP contribution in [-0.4, -0.2) is 12.5 Å². The Kier molecular flexibility index (Phi) is 4.62. The summed E-state index contributed by atoms with van der Waals surface area (Å²) in [5.41, 5.74) is 2.39. The van der Waals surface area contributed by atoms with Gasteiger partial charge in [0.2, 0.25) is 0 Å². The van der Waals surface area contributed by atoms with Crippen molar-refractivity contribution in [1.29, 1.82) is 0 Å². The number of carbonyl (C=O) groups is 1. The summed E-state index contributed by atoms with van der Waals surface area (Å²) < 4.78 is 16.1. The van der Waals surface area contributed by atoms with Gasteiger partial charge in [-0.3, -0.25) is 10.2 Å². The molecule has 0 aliphatic carbocycles. The third-order valence-electron chi connectivity index (χ3n) is 2.56. The molecule has 106 valence electrons. The summed E-state index contributed by atoms with van der Waals surface area (Å²) in [5.74, 6) is 6.65. The van der Waals surface area contributed by atoms with Gasteiger partial charge in [0.15, 0.2) is 0 Å². The van der Waals surface area contributed by atoms with Crippen LogP contribution in [0.15, 0.2) is 41.0 Å². The first kappa shape index (κ1) is 14.0. The second kappa shape index (κ2) is 6.63. The largest absolute Gasteiger partial charge is 0.494 e. The van der Waals surface area contributed by atoms with E-state index in [1.54, 1.807) is 18.2 Å². The second-order valence-corrected chi connectivity index (χ2v) is 3.97. The lowest BCUT2D eigenvalue weighted by Crippen LogP contribution is -2.29. The van der Waals surface area contributed by atoms with Crippen molar-refractivity contribution >= 4 is 5.91 Å². The molecule has 0 unspecified atom stereocenters. The van der Waals surface area contributed by atoms with Crippen molar-refractivity contribution in [3.63, 3.8) is 0 Å². The van der Waals surface area contributed by atoms with Gasteiger partial charge in [0.1, 0.15) is 30.1 Å². The van der Waals surface area contributed by atoms with Crippen LogP contribution < -0.4 is 20.7 Å². The Bertz CT molecular complexity index is 563. The van der Waals surface area contributed by atoms with E-state index in [1.807, 2.05) is 24.5 Å². The zero-order valence-electron chi connectivity index (χ0n) is 11.1. The lowest BCUT2D eigenvalue weighted by Gasteiger charge is -2.06. The molecule has 0 aliphatic rings. The van der Waals surface area contributed by atoms with Crippen LogP contribution in [0.2, 0.25) is 0 Å². The quantitative estimate of drug-likeness (QED) is 0.478. The number of amides is 1. The van der Waals surface area contributed by atoms with Gasteiger partial charge in [0.05, 0.1) is 12.2 Å². The van der Waals surface area contributed by atoms with Crippen LogP contribution in [0, 0.1) is 0 Å². The molecule has 3 N–H and O–H groups in total. The number of nitrogen functional groups attached to an aromatic ring is 1. The van der Waals surface area contributed by atoms with E-state index in [-0.39, 0.29) is 6.61 Å². The van der Waals surface area contributed by atoms with Crippen LogP contribution in [0.25, 0.3) is 0 Å². The Labute approximate surface area is 116 Å². The first-order valence-corrected chi connectivity index (χ1v) is 6.17. The maximum Gasteiger partial charge on any atom is 0.268 e. The molecule has 0 radical (unpaired) electrons. The summed E-state index contributed by atoms with van der Waals surface area (Å²) >= 11 is 0. The maximum absolute atomic E-state index is 11.2. The van der Waals surface area contributed by atoms with Gasteiger partial charge >= 0.3 is 0 Å². The van der Waals surface area contributed by atoms with Crippen molar-refractivity contribution in [1.82, 2.24) is 5.43 Å². The van der Waals surface area contributed by atoms with Crippen molar-refractivity contribution in [2.75, 3.05) is 6.61 Å². The molecule has 6 nitrogen and oxygen atoms in total. The number of nitrogens with two attached hydrogens (primary N) is 1. The highest BCUT2D eigenvalue weighted by Crippen LogP contribution is 2.19. The van der Waals surface area contributed by atoms with Crippen LogP contribution in [0.5, 0.6) is 11.5 Å². The molecule has 6 heteroatoms. The summed E-state index contributed by atoms with van der Waals surface area (Å²) in [4.78, 5) is 11.2. The Hall–Kier alpha value is -2.47. The van der Waals surface area contributed by atoms with E-state index < -0.39 is 5.91 Å². The number of nitrogens with one attached hydrogen (secondary N) is 1. The number of benzene rings is 1. The Morgan fingerprint density at radius 3 is 2.50 bits per heavy atom.